The highest BCUT2D eigenvalue weighted by atomic mass is 19.1. The summed E-state index contributed by atoms with van der Waals surface area (Å²) in [5.41, 5.74) is -0.346. The van der Waals surface area contributed by atoms with Crippen LogP contribution in [0, 0.1) is 5.82 Å². The zero-order chi connectivity index (χ0) is 14.5. The van der Waals surface area contributed by atoms with Crippen LogP contribution in [-0.4, -0.2) is 27.2 Å². The molecule has 0 aliphatic carbocycles. The van der Waals surface area contributed by atoms with Crippen molar-refractivity contribution in [3.05, 3.63) is 41.8 Å². The maximum atomic E-state index is 13.5. The fourth-order valence-electron chi connectivity index (χ4n) is 1.35. The largest absolute Gasteiger partial charge is 0.478 e. The number of carboxylic acid groups (broad SMARTS) is 1. The highest BCUT2D eigenvalue weighted by Crippen LogP contribution is 2.15. The van der Waals surface area contributed by atoms with E-state index in [0.717, 1.165) is 18.5 Å². The zero-order valence-corrected chi connectivity index (χ0v) is 9.96. The molecule has 104 valence electrons. The third kappa shape index (κ3) is 3.28. The number of carbonyl (C=O) groups is 2. The lowest BCUT2D eigenvalue weighted by Gasteiger charge is -2.07. The average Bonchev–Trinajstić information content (AvgIpc) is 2.91. The molecule has 0 aliphatic heterocycles. The van der Waals surface area contributed by atoms with Crippen LogP contribution in [0.2, 0.25) is 0 Å². The van der Waals surface area contributed by atoms with E-state index in [1.807, 2.05) is 0 Å². The second-order valence-corrected chi connectivity index (χ2v) is 3.65. The Morgan fingerprint density at radius 3 is 2.80 bits per heavy atom. The molecule has 0 spiro atoms. The number of aromatic carboxylic acids is 1. The number of halogens is 1. The van der Waals surface area contributed by atoms with Crippen LogP contribution < -0.4 is 10.6 Å². The summed E-state index contributed by atoms with van der Waals surface area (Å²) in [5, 5.41) is 16.8. The van der Waals surface area contributed by atoms with Gasteiger partial charge in [0.15, 0.2) is 5.82 Å². The molecule has 0 bridgehead atoms. The van der Waals surface area contributed by atoms with Crippen molar-refractivity contribution < 1.29 is 23.6 Å². The van der Waals surface area contributed by atoms with E-state index in [1.54, 1.807) is 0 Å². The second kappa shape index (κ2) is 5.78. The SMILES string of the molecule is O=C(NCc1ncon1)Nc1ccc(C(=O)O)cc1F. The molecule has 0 saturated carbocycles. The predicted molar refractivity (Wildman–Crippen MR) is 63.5 cm³/mol. The number of aromatic nitrogens is 2. The van der Waals surface area contributed by atoms with Gasteiger partial charge in [0.1, 0.15) is 5.82 Å². The fraction of sp³-hybridized carbons (Fsp3) is 0.0909. The molecular formula is C11H9FN4O4. The second-order valence-electron chi connectivity index (χ2n) is 3.65. The molecule has 0 atom stereocenters. The first-order valence-corrected chi connectivity index (χ1v) is 5.39. The zero-order valence-electron chi connectivity index (χ0n) is 9.96. The predicted octanol–water partition coefficient (Wildman–Crippen LogP) is 1.23. The van der Waals surface area contributed by atoms with Gasteiger partial charge in [-0.1, -0.05) is 5.16 Å². The Hall–Kier alpha value is -2.97. The summed E-state index contributed by atoms with van der Waals surface area (Å²) in [6.07, 6.45) is 1.11. The van der Waals surface area contributed by atoms with Gasteiger partial charge in [-0.2, -0.15) is 4.98 Å². The maximum absolute atomic E-state index is 13.5. The summed E-state index contributed by atoms with van der Waals surface area (Å²) in [6, 6.07) is 2.47. The Bertz CT molecular complexity index is 629. The summed E-state index contributed by atoms with van der Waals surface area (Å²) < 4.78 is 18.0. The minimum absolute atomic E-state index is 0.0111. The highest BCUT2D eigenvalue weighted by Gasteiger charge is 2.11. The van der Waals surface area contributed by atoms with Gasteiger partial charge in [0.2, 0.25) is 6.39 Å². The van der Waals surface area contributed by atoms with Gasteiger partial charge in [0, 0.05) is 0 Å². The van der Waals surface area contributed by atoms with Crippen LogP contribution in [0.15, 0.2) is 29.1 Å². The van der Waals surface area contributed by atoms with Crippen LogP contribution in [0.25, 0.3) is 0 Å². The number of nitrogens with one attached hydrogen (secondary N) is 2. The lowest BCUT2D eigenvalue weighted by Crippen LogP contribution is -2.29. The summed E-state index contributed by atoms with van der Waals surface area (Å²) in [6.45, 7) is 0.0111. The minimum Gasteiger partial charge on any atom is -0.478 e. The van der Waals surface area contributed by atoms with Gasteiger partial charge in [0.05, 0.1) is 17.8 Å². The molecule has 9 heteroatoms. The van der Waals surface area contributed by atoms with Crippen LogP contribution in [0.5, 0.6) is 0 Å². The molecule has 2 amide bonds. The standard InChI is InChI=1S/C11H9FN4O4/c12-7-3-6(10(17)18)1-2-8(7)15-11(19)13-4-9-14-5-20-16-9/h1-3,5H,4H2,(H,17,18)(H2,13,15,19). The first-order chi connectivity index (χ1) is 9.56. The number of hydrogen-bond donors (Lipinski definition) is 3. The number of amides is 2. The Balaban J connectivity index is 1.95. The van der Waals surface area contributed by atoms with E-state index in [-0.39, 0.29) is 23.6 Å². The number of urea groups is 1. The quantitative estimate of drug-likeness (QED) is 0.775. The molecule has 20 heavy (non-hydrogen) atoms. The molecule has 0 saturated heterocycles. The minimum atomic E-state index is -1.25. The van der Waals surface area contributed by atoms with Crippen molar-refractivity contribution in [1.82, 2.24) is 15.5 Å². The molecule has 8 nitrogen and oxygen atoms in total. The molecule has 0 fully saturated rings. The van der Waals surface area contributed by atoms with Crippen molar-refractivity contribution >= 4 is 17.7 Å². The molecule has 1 aromatic carbocycles. The fourth-order valence-corrected chi connectivity index (χ4v) is 1.35. The highest BCUT2D eigenvalue weighted by molar-refractivity contribution is 5.91. The monoisotopic (exact) mass is 280 g/mol. The van der Waals surface area contributed by atoms with Crippen molar-refractivity contribution in [2.45, 2.75) is 6.54 Å². The number of anilines is 1. The van der Waals surface area contributed by atoms with Gasteiger partial charge in [-0.05, 0) is 18.2 Å². The third-order valence-electron chi connectivity index (χ3n) is 2.28. The lowest BCUT2D eigenvalue weighted by molar-refractivity contribution is 0.0696. The molecule has 2 aromatic rings. The van der Waals surface area contributed by atoms with E-state index in [1.165, 1.54) is 6.07 Å². The van der Waals surface area contributed by atoms with Gasteiger partial charge in [-0.3, -0.25) is 0 Å². The topological polar surface area (TPSA) is 117 Å². The van der Waals surface area contributed by atoms with Crippen molar-refractivity contribution in [2.75, 3.05) is 5.32 Å². The van der Waals surface area contributed by atoms with E-state index in [2.05, 4.69) is 25.3 Å². The number of benzene rings is 1. The van der Waals surface area contributed by atoms with E-state index >= 15 is 0 Å². The molecule has 0 aliphatic rings. The number of rotatable bonds is 4. The summed E-state index contributed by atoms with van der Waals surface area (Å²) >= 11 is 0. The van der Waals surface area contributed by atoms with Crippen molar-refractivity contribution in [1.29, 1.82) is 0 Å². The van der Waals surface area contributed by atoms with Crippen molar-refractivity contribution in [2.24, 2.45) is 0 Å². The van der Waals surface area contributed by atoms with Gasteiger partial charge < -0.3 is 20.3 Å². The van der Waals surface area contributed by atoms with E-state index in [0.29, 0.717) is 0 Å². The van der Waals surface area contributed by atoms with Gasteiger partial charge in [-0.25, -0.2) is 14.0 Å². The Morgan fingerprint density at radius 2 is 2.20 bits per heavy atom. The van der Waals surface area contributed by atoms with Crippen molar-refractivity contribution in [3.63, 3.8) is 0 Å². The van der Waals surface area contributed by atoms with Crippen LogP contribution in [-0.2, 0) is 6.54 Å². The molecule has 1 heterocycles. The first kappa shape index (κ1) is 13.5. The van der Waals surface area contributed by atoms with Gasteiger partial charge in [0.25, 0.3) is 0 Å². The van der Waals surface area contributed by atoms with E-state index in [4.69, 9.17) is 5.11 Å². The van der Waals surface area contributed by atoms with Gasteiger partial charge in [-0.15, -0.1) is 0 Å². The third-order valence-corrected chi connectivity index (χ3v) is 2.28. The number of carboxylic acids is 1. The number of hydrogen-bond acceptors (Lipinski definition) is 5. The van der Waals surface area contributed by atoms with Crippen LogP contribution in [0.3, 0.4) is 0 Å². The molecule has 1 aromatic heterocycles. The van der Waals surface area contributed by atoms with E-state index < -0.39 is 17.8 Å². The Kier molecular flexibility index (Phi) is 3.89. The smallest absolute Gasteiger partial charge is 0.335 e. The Labute approximate surface area is 111 Å². The van der Waals surface area contributed by atoms with Gasteiger partial charge >= 0.3 is 12.0 Å². The summed E-state index contributed by atoms with van der Waals surface area (Å²) in [7, 11) is 0. The van der Waals surface area contributed by atoms with Crippen LogP contribution in [0.4, 0.5) is 14.9 Å². The number of carbonyl (C=O) groups excluding carboxylic acids is 1. The lowest BCUT2D eigenvalue weighted by atomic mass is 10.2. The summed E-state index contributed by atoms with van der Waals surface area (Å²) in [5.74, 6) is -1.83. The average molecular weight is 280 g/mol. The Morgan fingerprint density at radius 1 is 1.40 bits per heavy atom. The van der Waals surface area contributed by atoms with E-state index in [9.17, 15) is 14.0 Å². The molecule has 0 radical (unpaired) electrons. The maximum Gasteiger partial charge on any atom is 0.335 e. The van der Waals surface area contributed by atoms with Crippen molar-refractivity contribution in [3.8, 4) is 0 Å². The molecule has 2 rings (SSSR count). The molecule has 3 N–H and O–H groups in total. The first-order valence-electron chi connectivity index (χ1n) is 5.39. The summed E-state index contributed by atoms with van der Waals surface area (Å²) in [4.78, 5) is 25.8. The van der Waals surface area contributed by atoms with Crippen LogP contribution in [0.1, 0.15) is 16.2 Å². The van der Waals surface area contributed by atoms with Crippen LogP contribution >= 0.6 is 0 Å². The normalized spacial score (nSPS) is 10.1. The molecular weight excluding hydrogens is 271 g/mol. The molecule has 0 unspecified atom stereocenters. The number of nitrogens with zero attached hydrogens (tertiary/aromatic N) is 2.